The molecule has 1 aliphatic heterocycles. The maximum Gasteiger partial charge on any atom is 0.419 e. The van der Waals surface area contributed by atoms with E-state index in [4.69, 9.17) is 14.2 Å². The molecule has 0 N–H and O–H groups in total. The Labute approximate surface area is 202 Å². The molecule has 0 amide bonds. The van der Waals surface area contributed by atoms with Gasteiger partial charge in [0.05, 0.1) is 31.0 Å². The second-order valence-corrected chi connectivity index (χ2v) is 8.40. The summed E-state index contributed by atoms with van der Waals surface area (Å²) >= 11 is 0. The van der Waals surface area contributed by atoms with Crippen LogP contribution in [-0.4, -0.2) is 25.9 Å². The molecule has 1 fully saturated rings. The van der Waals surface area contributed by atoms with Crippen molar-refractivity contribution < 1.29 is 31.8 Å². The van der Waals surface area contributed by atoms with Crippen LogP contribution in [0.3, 0.4) is 0 Å². The quantitative estimate of drug-likeness (QED) is 0.317. The summed E-state index contributed by atoms with van der Waals surface area (Å²) < 4.78 is 74.1. The van der Waals surface area contributed by atoms with E-state index in [-0.39, 0.29) is 23.8 Å². The van der Waals surface area contributed by atoms with Crippen molar-refractivity contribution in [1.29, 1.82) is 0 Å². The average molecular weight is 489 g/mol. The first-order chi connectivity index (χ1) is 16.8. The van der Waals surface area contributed by atoms with Gasteiger partial charge < -0.3 is 14.2 Å². The van der Waals surface area contributed by atoms with Crippen LogP contribution in [0.25, 0.3) is 22.3 Å². The Morgan fingerprint density at radius 1 is 0.829 bits per heavy atom. The van der Waals surface area contributed by atoms with Gasteiger partial charge in [-0.3, -0.25) is 0 Å². The molecular weight excluding hydrogens is 460 g/mol. The molecule has 0 saturated carbocycles. The van der Waals surface area contributed by atoms with Crippen molar-refractivity contribution in [3.63, 3.8) is 0 Å². The molecule has 0 spiro atoms. The largest absolute Gasteiger partial charge is 0.494 e. The Morgan fingerprint density at radius 3 is 2.00 bits per heavy atom. The van der Waals surface area contributed by atoms with Crippen molar-refractivity contribution in [2.75, 3.05) is 19.8 Å². The lowest BCUT2D eigenvalue weighted by Crippen LogP contribution is -2.28. The van der Waals surface area contributed by atoms with E-state index in [2.05, 4.69) is 0 Å². The molecule has 35 heavy (non-hydrogen) atoms. The summed E-state index contributed by atoms with van der Waals surface area (Å²) in [6.45, 7) is 5.08. The second kappa shape index (κ2) is 10.8. The first-order valence-corrected chi connectivity index (χ1v) is 11.8. The summed E-state index contributed by atoms with van der Waals surface area (Å²) in [6, 6.07) is 16.8. The standard InChI is InChI=1S/C28H28F4O3/c1-3-33-21-11-9-19(10-12-21)18-5-7-20(8-6-18)23-14-15-24(27(29)26(23)28(30,31)32)25-16-13-22(17-35-25)34-4-2/h5-12,14-15,22,25H,3-4,13,16-17H2,1-2H3. The van der Waals surface area contributed by atoms with Crippen LogP contribution in [0, 0.1) is 5.82 Å². The Morgan fingerprint density at radius 2 is 1.46 bits per heavy atom. The average Bonchev–Trinajstić information content (AvgIpc) is 2.85. The number of halogens is 4. The van der Waals surface area contributed by atoms with Gasteiger partial charge in [-0.2, -0.15) is 13.2 Å². The summed E-state index contributed by atoms with van der Waals surface area (Å²) in [5, 5.41) is 0. The van der Waals surface area contributed by atoms with Gasteiger partial charge in [-0.1, -0.05) is 48.5 Å². The highest BCUT2D eigenvalue weighted by molar-refractivity contribution is 5.73. The van der Waals surface area contributed by atoms with Crippen molar-refractivity contribution in [3.8, 4) is 28.0 Å². The molecule has 186 valence electrons. The number of benzene rings is 3. The van der Waals surface area contributed by atoms with Crippen LogP contribution in [-0.2, 0) is 15.7 Å². The topological polar surface area (TPSA) is 27.7 Å². The fraction of sp³-hybridized carbons (Fsp3) is 0.357. The van der Waals surface area contributed by atoms with Gasteiger partial charge in [0.15, 0.2) is 0 Å². The zero-order chi connectivity index (χ0) is 25.0. The predicted octanol–water partition coefficient (Wildman–Crippen LogP) is 7.83. The number of rotatable bonds is 7. The molecule has 3 aromatic rings. The van der Waals surface area contributed by atoms with Crippen molar-refractivity contribution in [1.82, 2.24) is 0 Å². The molecule has 4 rings (SSSR count). The van der Waals surface area contributed by atoms with Crippen molar-refractivity contribution in [3.05, 3.63) is 77.6 Å². The molecule has 1 saturated heterocycles. The highest BCUT2D eigenvalue weighted by Gasteiger charge is 2.39. The molecule has 2 atom stereocenters. The van der Waals surface area contributed by atoms with Gasteiger partial charge in [0.25, 0.3) is 0 Å². The minimum absolute atomic E-state index is 0.0676. The molecule has 1 heterocycles. The van der Waals surface area contributed by atoms with Crippen LogP contribution in [0.5, 0.6) is 5.75 Å². The van der Waals surface area contributed by atoms with E-state index in [9.17, 15) is 13.2 Å². The predicted molar refractivity (Wildman–Crippen MR) is 127 cm³/mol. The summed E-state index contributed by atoms with van der Waals surface area (Å²) in [5.74, 6) is -0.529. The second-order valence-electron chi connectivity index (χ2n) is 8.40. The van der Waals surface area contributed by atoms with E-state index < -0.39 is 23.7 Å². The smallest absolute Gasteiger partial charge is 0.419 e. The summed E-state index contributed by atoms with van der Waals surface area (Å²) in [6.07, 6.45) is -4.70. The van der Waals surface area contributed by atoms with Gasteiger partial charge in [-0.05, 0) is 61.1 Å². The first kappa shape index (κ1) is 25.2. The first-order valence-electron chi connectivity index (χ1n) is 11.8. The number of ether oxygens (including phenoxy) is 3. The van der Waals surface area contributed by atoms with Crippen molar-refractivity contribution >= 4 is 0 Å². The highest BCUT2D eigenvalue weighted by atomic mass is 19.4. The number of hydrogen-bond acceptors (Lipinski definition) is 3. The van der Waals surface area contributed by atoms with E-state index in [0.29, 0.717) is 31.6 Å². The SMILES string of the molecule is CCOc1ccc(-c2ccc(-c3ccc(C4CCC(OCC)CO4)c(F)c3C(F)(F)F)cc2)cc1. The minimum Gasteiger partial charge on any atom is -0.494 e. The molecule has 3 nitrogen and oxygen atoms in total. The Hall–Kier alpha value is -2.90. The fourth-order valence-electron chi connectivity index (χ4n) is 4.45. The van der Waals surface area contributed by atoms with Gasteiger partial charge in [-0.15, -0.1) is 0 Å². The van der Waals surface area contributed by atoms with Crippen LogP contribution in [0.1, 0.15) is 43.9 Å². The lowest BCUT2D eigenvalue weighted by molar-refractivity contribution is -0.139. The minimum atomic E-state index is -4.86. The van der Waals surface area contributed by atoms with Crippen molar-refractivity contribution in [2.45, 2.75) is 45.1 Å². The third kappa shape index (κ3) is 5.68. The van der Waals surface area contributed by atoms with Gasteiger partial charge in [0, 0.05) is 12.2 Å². The molecule has 2 unspecified atom stereocenters. The summed E-state index contributed by atoms with van der Waals surface area (Å²) in [7, 11) is 0. The number of alkyl halides is 3. The monoisotopic (exact) mass is 488 g/mol. The summed E-state index contributed by atoms with van der Waals surface area (Å²) in [4.78, 5) is 0. The maximum atomic E-state index is 15.3. The molecular formula is C28H28F4O3. The van der Waals surface area contributed by atoms with Crippen LogP contribution < -0.4 is 4.74 Å². The molecule has 7 heteroatoms. The maximum absolute atomic E-state index is 15.3. The van der Waals surface area contributed by atoms with E-state index in [1.54, 1.807) is 24.3 Å². The Kier molecular flexibility index (Phi) is 7.77. The lowest BCUT2D eigenvalue weighted by Gasteiger charge is -2.30. The van der Waals surface area contributed by atoms with Gasteiger partial charge in [0.2, 0.25) is 0 Å². The number of hydrogen-bond donors (Lipinski definition) is 0. The third-order valence-corrected chi connectivity index (χ3v) is 6.13. The van der Waals surface area contributed by atoms with Crippen LogP contribution in [0.2, 0.25) is 0 Å². The Balaban J connectivity index is 1.62. The zero-order valence-electron chi connectivity index (χ0n) is 19.7. The van der Waals surface area contributed by atoms with Gasteiger partial charge in [0.1, 0.15) is 11.6 Å². The molecule has 0 radical (unpaired) electrons. The molecule has 1 aliphatic rings. The van der Waals surface area contributed by atoms with Crippen LogP contribution >= 0.6 is 0 Å². The molecule has 3 aromatic carbocycles. The van der Waals surface area contributed by atoms with Gasteiger partial charge >= 0.3 is 6.18 Å². The zero-order valence-corrected chi connectivity index (χ0v) is 19.7. The van der Waals surface area contributed by atoms with E-state index >= 15 is 4.39 Å². The molecule has 0 aliphatic carbocycles. The highest BCUT2D eigenvalue weighted by Crippen LogP contribution is 2.43. The van der Waals surface area contributed by atoms with Gasteiger partial charge in [-0.25, -0.2) is 4.39 Å². The molecule has 0 bridgehead atoms. The Bertz CT molecular complexity index is 1120. The lowest BCUT2D eigenvalue weighted by atomic mass is 9.91. The van der Waals surface area contributed by atoms with Crippen LogP contribution in [0.15, 0.2) is 60.7 Å². The normalized spacial score (nSPS) is 18.5. The van der Waals surface area contributed by atoms with E-state index in [1.165, 1.54) is 12.1 Å². The molecule has 0 aromatic heterocycles. The van der Waals surface area contributed by atoms with Crippen molar-refractivity contribution in [2.24, 2.45) is 0 Å². The van der Waals surface area contributed by atoms with E-state index in [1.807, 2.05) is 38.1 Å². The fourth-order valence-corrected chi connectivity index (χ4v) is 4.45. The third-order valence-electron chi connectivity index (χ3n) is 6.13. The summed E-state index contributed by atoms with van der Waals surface area (Å²) in [5.41, 5.74) is 0.499. The van der Waals surface area contributed by atoms with Crippen LogP contribution in [0.4, 0.5) is 17.6 Å². The van der Waals surface area contributed by atoms with E-state index in [0.717, 1.165) is 16.9 Å².